The molecule has 0 aliphatic carbocycles. The average molecular weight is 320 g/mol. The van der Waals surface area contributed by atoms with E-state index in [1.807, 2.05) is 6.07 Å². The topological polar surface area (TPSA) is 61.7 Å². The fourth-order valence-corrected chi connectivity index (χ4v) is 3.94. The molecule has 1 atom stereocenters. The van der Waals surface area contributed by atoms with Crippen molar-refractivity contribution in [2.45, 2.75) is 57.8 Å². The van der Waals surface area contributed by atoms with Crippen molar-refractivity contribution in [1.29, 1.82) is 0 Å². The molecule has 23 heavy (non-hydrogen) atoms. The molecule has 0 spiro atoms. The first-order valence-electron chi connectivity index (χ1n) is 8.44. The summed E-state index contributed by atoms with van der Waals surface area (Å²) in [6.07, 6.45) is 3.75. The number of aliphatic hydroxyl groups is 1. The Hall–Kier alpha value is -1.40. The molecule has 128 valence electrons. The molecule has 1 unspecified atom stereocenters. The zero-order chi connectivity index (χ0) is 16.7. The van der Waals surface area contributed by atoms with Gasteiger partial charge in [0, 0.05) is 25.7 Å². The molecule has 0 aromatic carbocycles. The number of nitrogens with zero attached hydrogens (tertiary/aromatic N) is 4. The summed E-state index contributed by atoms with van der Waals surface area (Å²) in [7, 11) is 0. The molecule has 0 amide bonds. The van der Waals surface area contributed by atoms with Crippen LogP contribution < -0.4 is 9.80 Å². The van der Waals surface area contributed by atoms with E-state index in [1.54, 1.807) is 6.33 Å². The van der Waals surface area contributed by atoms with E-state index in [2.05, 4.69) is 47.5 Å². The molecule has 3 rings (SSSR count). The quantitative estimate of drug-likeness (QED) is 0.917. The van der Waals surface area contributed by atoms with Crippen LogP contribution in [0.4, 0.5) is 11.6 Å². The first kappa shape index (κ1) is 16.5. The van der Waals surface area contributed by atoms with Gasteiger partial charge in [0.05, 0.1) is 23.9 Å². The maximum absolute atomic E-state index is 9.54. The van der Waals surface area contributed by atoms with Gasteiger partial charge in [-0.25, -0.2) is 9.97 Å². The zero-order valence-electron chi connectivity index (χ0n) is 14.6. The molecule has 6 nitrogen and oxygen atoms in total. The Morgan fingerprint density at radius 3 is 2.48 bits per heavy atom. The highest BCUT2D eigenvalue weighted by molar-refractivity contribution is 5.52. The maximum atomic E-state index is 9.54. The predicted octanol–water partition coefficient (Wildman–Crippen LogP) is 1.83. The summed E-state index contributed by atoms with van der Waals surface area (Å²) in [5.41, 5.74) is -0.428. The molecule has 2 fully saturated rings. The van der Waals surface area contributed by atoms with Crippen LogP contribution in [0.2, 0.25) is 0 Å². The van der Waals surface area contributed by atoms with Gasteiger partial charge in [-0.05, 0) is 40.5 Å². The number of aliphatic hydroxyl groups excluding tert-OH is 1. The van der Waals surface area contributed by atoms with E-state index >= 15 is 0 Å². The maximum Gasteiger partial charge on any atom is 0.134 e. The number of rotatable bonds is 3. The van der Waals surface area contributed by atoms with Crippen molar-refractivity contribution < 1.29 is 9.84 Å². The molecule has 0 saturated carbocycles. The Kier molecular flexibility index (Phi) is 4.23. The molecule has 1 aromatic heterocycles. The van der Waals surface area contributed by atoms with Crippen molar-refractivity contribution in [3.8, 4) is 0 Å². The lowest BCUT2D eigenvalue weighted by Gasteiger charge is -2.47. The molecule has 2 saturated heterocycles. The summed E-state index contributed by atoms with van der Waals surface area (Å²) < 4.78 is 6.15. The van der Waals surface area contributed by atoms with Crippen LogP contribution in [-0.4, -0.2) is 58.6 Å². The molecular weight excluding hydrogens is 292 g/mol. The highest BCUT2D eigenvalue weighted by atomic mass is 16.5. The number of aromatic nitrogens is 2. The van der Waals surface area contributed by atoms with Crippen LogP contribution >= 0.6 is 0 Å². The summed E-state index contributed by atoms with van der Waals surface area (Å²) in [4.78, 5) is 13.4. The van der Waals surface area contributed by atoms with Gasteiger partial charge in [-0.3, -0.25) is 0 Å². The lowest BCUT2D eigenvalue weighted by atomic mass is 9.99. The van der Waals surface area contributed by atoms with Gasteiger partial charge < -0.3 is 19.6 Å². The van der Waals surface area contributed by atoms with Crippen LogP contribution in [0.3, 0.4) is 0 Å². The number of hydrogen-bond acceptors (Lipinski definition) is 6. The van der Waals surface area contributed by atoms with E-state index in [0.29, 0.717) is 0 Å². The van der Waals surface area contributed by atoms with Crippen molar-refractivity contribution in [2.24, 2.45) is 0 Å². The second-order valence-corrected chi connectivity index (χ2v) is 7.88. The minimum atomic E-state index is -0.214. The molecule has 0 bridgehead atoms. The molecular formula is C17H28N4O2. The summed E-state index contributed by atoms with van der Waals surface area (Å²) in [6.45, 7) is 11.2. The first-order chi connectivity index (χ1) is 10.8. The molecule has 3 heterocycles. The van der Waals surface area contributed by atoms with Gasteiger partial charge in [0.2, 0.25) is 0 Å². The van der Waals surface area contributed by atoms with Crippen LogP contribution in [0.15, 0.2) is 12.4 Å². The van der Waals surface area contributed by atoms with Crippen LogP contribution in [0, 0.1) is 0 Å². The molecule has 0 radical (unpaired) electrons. The molecule has 1 aromatic rings. The van der Waals surface area contributed by atoms with Gasteiger partial charge in [-0.2, -0.15) is 0 Å². The van der Waals surface area contributed by atoms with E-state index in [9.17, 15) is 5.11 Å². The summed E-state index contributed by atoms with van der Waals surface area (Å²) in [5.74, 6) is 1.84. The Morgan fingerprint density at radius 1 is 1.17 bits per heavy atom. The lowest BCUT2D eigenvalue weighted by Crippen LogP contribution is -2.57. The number of anilines is 2. The largest absolute Gasteiger partial charge is 0.394 e. The highest BCUT2D eigenvalue weighted by Crippen LogP contribution is 2.32. The van der Waals surface area contributed by atoms with E-state index in [-0.39, 0.29) is 23.9 Å². The third-order valence-electron chi connectivity index (χ3n) is 4.54. The Labute approximate surface area is 138 Å². The monoisotopic (exact) mass is 320 g/mol. The summed E-state index contributed by atoms with van der Waals surface area (Å²) in [5, 5.41) is 9.54. The van der Waals surface area contributed by atoms with Gasteiger partial charge in [0.15, 0.2) is 0 Å². The fourth-order valence-electron chi connectivity index (χ4n) is 3.94. The van der Waals surface area contributed by atoms with Gasteiger partial charge in [0.25, 0.3) is 0 Å². The molecule has 6 heteroatoms. The number of ether oxygens (including phenoxy) is 1. The normalized spacial score (nSPS) is 26.6. The smallest absolute Gasteiger partial charge is 0.134 e. The van der Waals surface area contributed by atoms with Crippen LogP contribution in [0.1, 0.15) is 40.5 Å². The fraction of sp³-hybridized carbons (Fsp3) is 0.765. The number of hydrogen-bond donors (Lipinski definition) is 1. The highest BCUT2D eigenvalue weighted by Gasteiger charge is 2.39. The molecule has 1 N–H and O–H groups in total. The van der Waals surface area contributed by atoms with Crippen molar-refractivity contribution in [3.63, 3.8) is 0 Å². The Balaban J connectivity index is 1.85. The Bertz CT molecular complexity index is 545. The number of morpholine rings is 1. The van der Waals surface area contributed by atoms with Gasteiger partial charge in [0.1, 0.15) is 18.0 Å². The second kappa shape index (κ2) is 5.91. The van der Waals surface area contributed by atoms with Gasteiger partial charge in [-0.15, -0.1) is 0 Å². The third kappa shape index (κ3) is 3.58. The van der Waals surface area contributed by atoms with Crippen molar-refractivity contribution in [3.05, 3.63) is 12.4 Å². The lowest BCUT2D eigenvalue weighted by molar-refractivity contribution is -0.133. The Morgan fingerprint density at radius 2 is 1.83 bits per heavy atom. The van der Waals surface area contributed by atoms with Crippen LogP contribution in [0.25, 0.3) is 0 Å². The minimum absolute atomic E-state index is 0.176. The summed E-state index contributed by atoms with van der Waals surface area (Å²) >= 11 is 0. The predicted molar refractivity (Wildman–Crippen MR) is 90.9 cm³/mol. The van der Waals surface area contributed by atoms with Crippen molar-refractivity contribution in [1.82, 2.24) is 9.97 Å². The second-order valence-electron chi connectivity index (χ2n) is 7.88. The van der Waals surface area contributed by atoms with Crippen molar-refractivity contribution >= 4 is 11.6 Å². The molecule has 2 aliphatic rings. The van der Waals surface area contributed by atoms with Gasteiger partial charge >= 0.3 is 0 Å². The first-order valence-corrected chi connectivity index (χ1v) is 8.44. The zero-order valence-corrected chi connectivity index (χ0v) is 14.6. The van der Waals surface area contributed by atoms with Gasteiger partial charge in [-0.1, -0.05) is 0 Å². The van der Waals surface area contributed by atoms with E-state index in [4.69, 9.17) is 4.74 Å². The average Bonchev–Trinajstić information content (AvgIpc) is 2.92. The van der Waals surface area contributed by atoms with Crippen molar-refractivity contribution in [2.75, 3.05) is 36.0 Å². The molecule has 2 aliphatic heterocycles. The summed E-state index contributed by atoms with van der Waals surface area (Å²) in [6, 6.07) is 2.22. The minimum Gasteiger partial charge on any atom is -0.394 e. The van der Waals surface area contributed by atoms with E-state index in [0.717, 1.165) is 44.1 Å². The van der Waals surface area contributed by atoms with Crippen LogP contribution in [-0.2, 0) is 4.74 Å². The van der Waals surface area contributed by atoms with Crippen LogP contribution in [0.5, 0.6) is 0 Å². The standard InChI is InChI=1S/C17H28N4O2/c1-16(2)10-20(11-17(3,4)23-16)14-8-15(19-12-18-14)21-7-5-6-13(21)9-22/h8,12-13,22H,5-7,9-11H2,1-4H3. The SMILES string of the molecule is CC1(C)CN(c2cc(N3CCCC3CO)ncn2)CC(C)(C)O1. The van der Waals surface area contributed by atoms with E-state index < -0.39 is 0 Å². The van der Waals surface area contributed by atoms with E-state index in [1.165, 1.54) is 0 Å². The third-order valence-corrected chi connectivity index (χ3v) is 4.54.